The van der Waals surface area contributed by atoms with Crippen molar-refractivity contribution in [3.8, 4) is 28.3 Å². The molecule has 0 bridgehead atoms. The maximum absolute atomic E-state index is 14.2. The van der Waals surface area contributed by atoms with E-state index in [0.29, 0.717) is 62.9 Å². The first kappa shape index (κ1) is 30.5. The first-order valence-corrected chi connectivity index (χ1v) is 15.0. The van der Waals surface area contributed by atoms with Crippen LogP contribution in [0.1, 0.15) is 27.6 Å². The molecule has 0 saturated carbocycles. The molecule has 2 aliphatic heterocycles. The van der Waals surface area contributed by atoms with Gasteiger partial charge in [0.25, 0.3) is 5.91 Å². The molecule has 0 aliphatic carbocycles. The van der Waals surface area contributed by atoms with Gasteiger partial charge < -0.3 is 24.6 Å². The van der Waals surface area contributed by atoms with Crippen LogP contribution < -0.4 is 10.1 Å². The van der Waals surface area contributed by atoms with E-state index in [4.69, 9.17) is 32.9 Å². The smallest absolute Gasteiger partial charge is 0.291 e. The van der Waals surface area contributed by atoms with Crippen molar-refractivity contribution < 1.29 is 19.0 Å². The Kier molecular flexibility index (Phi) is 8.38. The molecule has 1 amide bonds. The molecule has 0 unspecified atom stereocenters. The van der Waals surface area contributed by atoms with Gasteiger partial charge >= 0.3 is 0 Å². The van der Waals surface area contributed by atoms with Gasteiger partial charge in [0.15, 0.2) is 11.5 Å². The fourth-order valence-corrected chi connectivity index (χ4v) is 6.54. The van der Waals surface area contributed by atoms with E-state index in [1.54, 1.807) is 6.07 Å². The van der Waals surface area contributed by atoms with E-state index in [2.05, 4.69) is 15.2 Å². The van der Waals surface area contributed by atoms with Crippen LogP contribution >= 0.6 is 23.2 Å². The van der Waals surface area contributed by atoms with Gasteiger partial charge in [0.05, 0.1) is 40.8 Å². The van der Waals surface area contributed by atoms with Crippen molar-refractivity contribution in [1.29, 1.82) is 0 Å². The Hall–Kier alpha value is -3.54. The van der Waals surface area contributed by atoms with E-state index in [9.17, 15) is 14.3 Å². The number of likely N-dealkylation sites (N-methyl/N-ethyl adjacent to an activating group) is 1. The number of carbonyl (C=O) groups excluding carboxylic acids is 1. The van der Waals surface area contributed by atoms with Gasteiger partial charge in [-0.2, -0.15) is 0 Å². The van der Waals surface area contributed by atoms with Gasteiger partial charge in [0.2, 0.25) is 5.88 Å². The van der Waals surface area contributed by atoms with E-state index < -0.39 is 12.3 Å². The third kappa shape index (κ3) is 5.68. The number of imidazole rings is 1. The number of nitrogens with one attached hydrogen (secondary N) is 1. The number of methoxy groups -OCH3 is 1. The zero-order valence-electron chi connectivity index (χ0n) is 24.7. The van der Waals surface area contributed by atoms with Crippen molar-refractivity contribution in [3.05, 3.63) is 81.4 Å². The molecule has 44 heavy (non-hydrogen) atoms. The summed E-state index contributed by atoms with van der Waals surface area (Å²) in [6.07, 6.45) is 0.833. The maximum atomic E-state index is 14.2. The van der Waals surface area contributed by atoms with E-state index in [1.165, 1.54) is 7.11 Å². The van der Waals surface area contributed by atoms with Crippen molar-refractivity contribution in [2.24, 2.45) is 7.05 Å². The van der Waals surface area contributed by atoms with Crippen molar-refractivity contribution >= 4 is 34.8 Å². The molecule has 1 fully saturated rings. The summed E-state index contributed by atoms with van der Waals surface area (Å²) in [5, 5.41) is 12.9. The summed E-state index contributed by atoms with van der Waals surface area (Å²) >= 11 is 13.9. The lowest BCUT2D eigenvalue weighted by molar-refractivity contribution is -0.0709. The molecule has 230 valence electrons. The van der Waals surface area contributed by atoms with E-state index in [0.717, 1.165) is 29.9 Å². The van der Waals surface area contributed by atoms with Gasteiger partial charge in [0.1, 0.15) is 0 Å². The normalized spacial score (nSPS) is 16.3. The van der Waals surface area contributed by atoms with Crippen molar-refractivity contribution in [1.82, 2.24) is 24.3 Å². The van der Waals surface area contributed by atoms with Crippen molar-refractivity contribution in [2.75, 3.05) is 45.7 Å². The second kappa shape index (κ2) is 12.1. The Bertz CT molecular complexity index is 1740. The average Bonchev–Trinajstić information content (AvgIpc) is 3.33. The topological polar surface area (TPSA) is 95.7 Å². The molecule has 2 aromatic heterocycles. The molecule has 4 aromatic rings. The summed E-state index contributed by atoms with van der Waals surface area (Å²) in [6.45, 7) is 1.89. The third-order valence-electron chi connectivity index (χ3n) is 8.29. The number of halogens is 3. The van der Waals surface area contributed by atoms with Crippen LogP contribution in [-0.4, -0.2) is 81.4 Å². The molecule has 12 heteroatoms. The molecule has 0 spiro atoms. The monoisotopic (exact) mass is 638 g/mol. The summed E-state index contributed by atoms with van der Waals surface area (Å²) in [5.74, 6) is 0.406. The first-order chi connectivity index (χ1) is 21.1. The second-order valence-electron chi connectivity index (χ2n) is 11.5. The van der Waals surface area contributed by atoms with E-state index in [-0.39, 0.29) is 19.0 Å². The quantitative estimate of drug-likeness (QED) is 0.273. The third-order valence-corrected chi connectivity index (χ3v) is 9.10. The fourth-order valence-electron chi connectivity index (χ4n) is 5.94. The number of amides is 1. The van der Waals surface area contributed by atoms with E-state index >= 15 is 0 Å². The number of anilines is 1. The predicted molar refractivity (Wildman–Crippen MR) is 169 cm³/mol. The molecule has 2 aromatic carbocycles. The van der Waals surface area contributed by atoms with Gasteiger partial charge in [-0.3, -0.25) is 9.69 Å². The lowest BCUT2D eigenvalue weighted by atomic mass is 9.96. The molecule has 4 heterocycles. The summed E-state index contributed by atoms with van der Waals surface area (Å²) < 4.78 is 21.6. The fraction of sp³-hybridized carbons (Fsp3) is 0.344. The molecule has 1 saturated heterocycles. The van der Waals surface area contributed by atoms with Gasteiger partial charge in [-0.1, -0.05) is 59.6 Å². The number of alkyl halides is 1. The Morgan fingerprint density at radius 2 is 1.75 bits per heavy atom. The first-order valence-electron chi connectivity index (χ1n) is 14.3. The number of aliphatic hydroxyl groups excluding tert-OH is 1. The second-order valence-corrected chi connectivity index (χ2v) is 12.2. The van der Waals surface area contributed by atoms with Crippen LogP contribution in [0, 0.1) is 0 Å². The number of pyridine rings is 1. The van der Waals surface area contributed by atoms with Crippen molar-refractivity contribution in [2.45, 2.75) is 25.2 Å². The summed E-state index contributed by atoms with van der Waals surface area (Å²) in [4.78, 5) is 26.7. The number of benzene rings is 2. The summed E-state index contributed by atoms with van der Waals surface area (Å²) in [7, 11) is 5.44. The van der Waals surface area contributed by atoms with E-state index in [1.807, 2.05) is 66.0 Å². The summed E-state index contributed by atoms with van der Waals surface area (Å²) in [6, 6.07) is 14.7. The van der Waals surface area contributed by atoms with Crippen LogP contribution in [0.25, 0.3) is 22.4 Å². The summed E-state index contributed by atoms with van der Waals surface area (Å²) in [5.41, 5.74) is 4.28. The molecule has 0 radical (unpaired) electrons. The molecular formula is C32H33Cl2FN6O3. The number of hydrogen-bond acceptors (Lipinski definition) is 7. The van der Waals surface area contributed by atoms with Crippen LogP contribution in [0.15, 0.2) is 48.5 Å². The highest BCUT2D eigenvalue weighted by molar-refractivity contribution is 6.39. The Morgan fingerprint density at radius 3 is 2.48 bits per heavy atom. The highest BCUT2D eigenvalue weighted by Gasteiger charge is 2.43. The SMILES string of the molecule is COc1nc(-c2cccc(-c3cccc(NC(=O)c4nc5c(n4C)CCN(C)C5)c3Cl)c2Cl)ccc1CN1CC(F)(CO)C1. The van der Waals surface area contributed by atoms with Crippen LogP contribution in [0.3, 0.4) is 0 Å². The van der Waals surface area contributed by atoms with Crippen LogP contribution in [-0.2, 0) is 26.6 Å². The highest BCUT2D eigenvalue weighted by atomic mass is 35.5. The number of nitrogens with zero attached hydrogens (tertiary/aromatic N) is 5. The lowest BCUT2D eigenvalue weighted by Crippen LogP contribution is -2.60. The number of hydrogen-bond donors (Lipinski definition) is 2. The number of carbonyl (C=O) groups is 1. The molecule has 2 aliphatic rings. The van der Waals surface area contributed by atoms with Crippen LogP contribution in [0.5, 0.6) is 5.88 Å². The average molecular weight is 640 g/mol. The van der Waals surface area contributed by atoms with Gasteiger partial charge in [-0.15, -0.1) is 0 Å². The highest BCUT2D eigenvalue weighted by Crippen LogP contribution is 2.41. The standard InChI is InChI=1S/C32H33Cl2FN6O3/c1-39-13-12-26-25(15-39)36-29(40(26)2)30(43)37-24-9-5-7-21(28(24)34)20-6-4-8-22(27(20)33)23-11-10-19(31(38-23)44-3)14-41-16-32(35,17-41)18-42/h4-11,42H,12-18H2,1-3H3,(H,37,43). The zero-order valence-corrected chi connectivity index (χ0v) is 26.2. The number of aliphatic hydroxyl groups is 1. The minimum absolute atomic E-state index is 0.157. The van der Waals surface area contributed by atoms with Crippen molar-refractivity contribution in [3.63, 3.8) is 0 Å². The molecule has 0 atom stereocenters. The van der Waals surface area contributed by atoms with Gasteiger partial charge in [-0.25, -0.2) is 14.4 Å². The zero-order chi connectivity index (χ0) is 31.2. The predicted octanol–water partition coefficient (Wildman–Crippen LogP) is 5.22. The Balaban J connectivity index is 1.25. The Labute approximate surface area is 265 Å². The number of rotatable bonds is 8. The Morgan fingerprint density at radius 1 is 1.05 bits per heavy atom. The number of likely N-dealkylation sites (tertiary alicyclic amines) is 1. The molecule has 6 rings (SSSR count). The van der Waals surface area contributed by atoms with Gasteiger partial charge in [-0.05, 0) is 19.2 Å². The lowest BCUT2D eigenvalue weighted by Gasteiger charge is -2.43. The maximum Gasteiger partial charge on any atom is 0.291 e. The number of fused-ring (bicyclic) bond motifs is 1. The molecule has 2 N–H and O–H groups in total. The minimum atomic E-state index is -1.55. The van der Waals surface area contributed by atoms with Crippen LogP contribution in [0.2, 0.25) is 10.0 Å². The molecular weight excluding hydrogens is 606 g/mol. The minimum Gasteiger partial charge on any atom is -0.481 e. The molecule has 9 nitrogen and oxygen atoms in total. The number of aromatic nitrogens is 3. The van der Waals surface area contributed by atoms with Crippen LogP contribution in [0.4, 0.5) is 10.1 Å². The van der Waals surface area contributed by atoms with Gasteiger partial charge in [0, 0.05) is 74.1 Å². The number of ether oxygens (including phenoxy) is 1. The largest absolute Gasteiger partial charge is 0.481 e.